The molecule has 5 heteroatoms. The Hall–Kier alpha value is -1.71. The Morgan fingerprint density at radius 3 is 2.50 bits per heavy atom. The number of para-hydroxylation sites is 2. The third-order valence-corrected chi connectivity index (χ3v) is 3.89. The fourth-order valence-electron chi connectivity index (χ4n) is 2.17. The van der Waals surface area contributed by atoms with Crippen molar-refractivity contribution in [1.82, 2.24) is 0 Å². The predicted molar refractivity (Wildman–Crippen MR) is 79.6 cm³/mol. The number of anilines is 1. The molecule has 2 aromatic rings. The molecule has 0 saturated heterocycles. The molecule has 0 radical (unpaired) electrons. The molecule has 1 amide bonds. The fourth-order valence-corrected chi connectivity index (χ4v) is 2.69. The fraction of sp³-hybridized carbons (Fsp3) is 0.133. The van der Waals surface area contributed by atoms with Crippen molar-refractivity contribution in [2.45, 2.75) is 6.54 Å². The monoisotopic (exact) mass is 307 g/mol. The van der Waals surface area contributed by atoms with Crippen LogP contribution in [0.1, 0.15) is 5.56 Å². The van der Waals surface area contributed by atoms with Crippen molar-refractivity contribution >= 4 is 34.8 Å². The van der Waals surface area contributed by atoms with Gasteiger partial charge in [-0.15, -0.1) is 0 Å². The van der Waals surface area contributed by atoms with Gasteiger partial charge in [0.15, 0.2) is 6.61 Å². The Bertz CT molecular complexity index is 652. The van der Waals surface area contributed by atoms with E-state index in [1.165, 1.54) is 0 Å². The molecule has 1 aliphatic heterocycles. The summed E-state index contributed by atoms with van der Waals surface area (Å²) in [5, 5.41) is 1.10. The molecule has 0 saturated carbocycles. The summed E-state index contributed by atoms with van der Waals surface area (Å²) in [4.78, 5) is 13.7. The second-order valence-electron chi connectivity index (χ2n) is 4.44. The lowest BCUT2D eigenvalue weighted by molar-refractivity contribution is -0.121. The zero-order valence-electron chi connectivity index (χ0n) is 10.5. The second kappa shape index (κ2) is 5.35. The number of hydrogen-bond donors (Lipinski definition) is 0. The van der Waals surface area contributed by atoms with Crippen molar-refractivity contribution < 1.29 is 9.53 Å². The maximum atomic E-state index is 12.1. The van der Waals surface area contributed by atoms with E-state index in [1.54, 1.807) is 23.1 Å². The summed E-state index contributed by atoms with van der Waals surface area (Å²) < 4.78 is 5.41. The van der Waals surface area contributed by atoms with Gasteiger partial charge in [0.1, 0.15) is 5.75 Å². The summed E-state index contributed by atoms with van der Waals surface area (Å²) in [6.45, 7) is 0.358. The van der Waals surface area contributed by atoms with Crippen LogP contribution in [-0.2, 0) is 11.3 Å². The maximum absolute atomic E-state index is 12.1. The maximum Gasteiger partial charge on any atom is 0.265 e. The number of amides is 1. The number of fused-ring (bicyclic) bond motifs is 1. The van der Waals surface area contributed by atoms with Gasteiger partial charge in [0.25, 0.3) is 5.91 Å². The zero-order chi connectivity index (χ0) is 14.1. The van der Waals surface area contributed by atoms with Crippen molar-refractivity contribution in [2.24, 2.45) is 0 Å². The Kier molecular flexibility index (Phi) is 3.55. The summed E-state index contributed by atoms with van der Waals surface area (Å²) in [6, 6.07) is 12.7. The minimum absolute atomic E-state index is 0.0269. The number of benzene rings is 2. The van der Waals surface area contributed by atoms with Crippen molar-refractivity contribution in [3.05, 3.63) is 58.1 Å². The standard InChI is InChI=1S/C15H11Cl2NO2/c16-11-4-3-5-12(17)10(11)8-18-13-6-1-2-7-14(13)20-9-15(18)19/h1-7H,8-9H2. The van der Waals surface area contributed by atoms with Gasteiger partial charge >= 0.3 is 0 Å². The normalized spacial score (nSPS) is 13.9. The summed E-state index contributed by atoms with van der Waals surface area (Å²) in [5.74, 6) is 0.579. The van der Waals surface area contributed by atoms with E-state index in [0.717, 1.165) is 11.3 Å². The highest BCUT2D eigenvalue weighted by Gasteiger charge is 2.26. The Morgan fingerprint density at radius 1 is 1.05 bits per heavy atom. The lowest BCUT2D eigenvalue weighted by atomic mass is 10.1. The summed E-state index contributed by atoms with van der Waals surface area (Å²) in [7, 11) is 0. The van der Waals surface area contributed by atoms with Crippen molar-refractivity contribution in [3.63, 3.8) is 0 Å². The first kappa shape index (κ1) is 13.3. The van der Waals surface area contributed by atoms with Crippen LogP contribution in [0.15, 0.2) is 42.5 Å². The summed E-state index contributed by atoms with van der Waals surface area (Å²) in [6.07, 6.45) is 0. The molecule has 0 unspecified atom stereocenters. The van der Waals surface area contributed by atoms with Gasteiger partial charge in [0.2, 0.25) is 0 Å². The van der Waals surface area contributed by atoms with E-state index >= 15 is 0 Å². The van der Waals surface area contributed by atoms with Gasteiger partial charge in [-0.1, -0.05) is 41.4 Å². The van der Waals surface area contributed by atoms with E-state index in [1.807, 2.05) is 24.3 Å². The highest BCUT2D eigenvalue weighted by Crippen LogP contribution is 2.34. The minimum Gasteiger partial charge on any atom is -0.482 e. The molecule has 102 valence electrons. The molecule has 0 spiro atoms. The van der Waals surface area contributed by atoms with Crippen LogP contribution >= 0.6 is 23.2 Å². The molecule has 1 aliphatic rings. The molecular formula is C15H11Cl2NO2. The topological polar surface area (TPSA) is 29.5 Å². The van der Waals surface area contributed by atoms with Crippen LogP contribution in [0.5, 0.6) is 5.75 Å². The van der Waals surface area contributed by atoms with Gasteiger partial charge in [-0.25, -0.2) is 0 Å². The lowest BCUT2D eigenvalue weighted by Crippen LogP contribution is -2.38. The number of carbonyl (C=O) groups is 1. The SMILES string of the molecule is O=C1COc2ccccc2N1Cc1c(Cl)cccc1Cl. The van der Waals surface area contributed by atoms with Crippen LogP contribution in [0, 0.1) is 0 Å². The highest BCUT2D eigenvalue weighted by molar-refractivity contribution is 6.36. The third-order valence-electron chi connectivity index (χ3n) is 3.19. The molecule has 0 N–H and O–H groups in total. The van der Waals surface area contributed by atoms with E-state index in [-0.39, 0.29) is 12.5 Å². The average Bonchev–Trinajstić information content (AvgIpc) is 2.45. The Morgan fingerprint density at radius 2 is 1.75 bits per heavy atom. The van der Waals surface area contributed by atoms with Crippen molar-refractivity contribution in [2.75, 3.05) is 11.5 Å². The van der Waals surface area contributed by atoms with Crippen molar-refractivity contribution in [3.8, 4) is 5.75 Å². The smallest absolute Gasteiger partial charge is 0.265 e. The molecule has 0 fully saturated rings. The van der Waals surface area contributed by atoms with Crippen LogP contribution in [0.2, 0.25) is 10.0 Å². The molecular weight excluding hydrogens is 297 g/mol. The second-order valence-corrected chi connectivity index (χ2v) is 5.25. The van der Waals surface area contributed by atoms with Gasteiger partial charge in [-0.2, -0.15) is 0 Å². The summed E-state index contributed by atoms with van der Waals surface area (Å²) >= 11 is 12.3. The molecule has 0 atom stereocenters. The first-order valence-electron chi connectivity index (χ1n) is 6.12. The molecule has 1 heterocycles. The Labute approximate surface area is 126 Å². The first-order valence-corrected chi connectivity index (χ1v) is 6.87. The number of carbonyl (C=O) groups excluding carboxylic acids is 1. The number of ether oxygens (including phenoxy) is 1. The van der Waals surface area contributed by atoms with E-state index in [4.69, 9.17) is 27.9 Å². The first-order chi connectivity index (χ1) is 9.66. The highest BCUT2D eigenvalue weighted by atomic mass is 35.5. The molecule has 2 aromatic carbocycles. The van der Waals surface area contributed by atoms with Crippen molar-refractivity contribution in [1.29, 1.82) is 0 Å². The van der Waals surface area contributed by atoms with Crippen LogP contribution in [0.3, 0.4) is 0 Å². The van der Waals surface area contributed by atoms with Crippen LogP contribution in [-0.4, -0.2) is 12.5 Å². The van der Waals surface area contributed by atoms with Gasteiger partial charge in [-0.3, -0.25) is 4.79 Å². The number of hydrogen-bond acceptors (Lipinski definition) is 2. The molecule has 0 aromatic heterocycles. The lowest BCUT2D eigenvalue weighted by Gasteiger charge is -2.29. The Balaban J connectivity index is 2.00. The largest absolute Gasteiger partial charge is 0.482 e. The number of nitrogens with zero attached hydrogens (tertiary/aromatic N) is 1. The molecule has 0 aliphatic carbocycles. The van der Waals surface area contributed by atoms with Gasteiger partial charge < -0.3 is 9.64 Å². The van der Waals surface area contributed by atoms with E-state index in [9.17, 15) is 4.79 Å². The zero-order valence-corrected chi connectivity index (χ0v) is 12.0. The third kappa shape index (κ3) is 2.35. The predicted octanol–water partition coefficient (Wildman–Crippen LogP) is 3.92. The quantitative estimate of drug-likeness (QED) is 0.841. The van der Waals surface area contributed by atoms with Gasteiger partial charge in [0.05, 0.1) is 12.2 Å². The number of halogens is 2. The summed E-state index contributed by atoms with van der Waals surface area (Å²) in [5.41, 5.74) is 1.47. The van der Waals surface area contributed by atoms with Crippen LogP contribution in [0.4, 0.5) is 5.69 Å². The van der Waals surface area contributed by atoms with Crippen LogP contribution in [0.25, 0.3) is 0 Å². The molecule has 3 nitrogen and oxygen atoms in total. The molecule has 0 bridgehead atoms. The molecule has 3 rings (SSSR count). The number of rotatable bonds is 2. The van der Waals surface area contributed by atoms with Crippen LogP contribution < -0.4 is 9.64 Å². The van der Waals surface area contributed by atoms with E-state index in [2.05, 4.69) is 0 Å². The average molecular weight is 308 g/mol. The minimum atomic E-state index is -0.111. The van der Waals surface area contributed by atoms with Gasteiger partial charge in [-0.05, 0) is 24.3 Å². The van der Waals surface area contributed by atoms with E-state index < -0.39 is 0 Å². The molecule has 20 heavy (non-hydrogen) atoms. The van der Waals surface area contributed by atoms with E-state index in [0.29, 0.717) is 22.3 Å². The van der Waals surface area contributed by atoms with Gasteiger partial charge in [0, 0.05) is 15.6 Å².